The number of aryl methyl sites for hydroxylation is 1. The van der Waals surface area contributed by atoms with Crippen LogP contribution in [-0.2, 0) is 16.0 Å². The van der Waals surface area contributed by atoms with E-state index >= 15 is 0 Å². The fourth-order valence-electron chi connectivity index (χ4n) is 1.96. The van der Waals surface area contributed by atoms with Crippen LogP contribution in [0.2, 0.25) is 0 Å². The molecule has 0 aliphatic heterocycles. The van der Waals surface area contributed by atoms with Crippen LogP contribution in [0.5, 0.6) is 0 Å². The Morgan fingerprint density at radius 3 is 2.50 bits per heavy atom. The Labute approximate surface area is 110 Å². The lowest BCUT2D eigenvalue weighted by Gasteiger charge is -2.17. The Hall–Kier alpha value is -1.35. The Morgan fingerprint density at radius 1 is 1.22 bits per heavy atom. The Bertz CT molecular complexity index is 427. The lowest BCUT2D eigenvalue weighted by molar-refractivity contribution is -0.141. The van der Waals surface area contributed by atoms with Gasteiger partial charge in [-0.1, -0.05) is 12.1 Å². The van der Waals surface area contributed by atoms with Gasteiger partial charge in [-0.3, -0.25) is 9.69 Å². The third kappa shape index (κ3) is 3.84. The summed E-state index contributed by atoms with van der Waals surface area (Å²) in [6, 6.07) is 4.35. The molecule has 1 rings (SSSR count). The van der Waals surface area contributed by atoms with Crippen molar-refractivity contribution in [3.05, 3.63) is 34.4 Å². The van der Waals surface area contributed by atoms with Crippen LogP contribution in [0.4, 0.5) is 0 Å². The van der Waals surface area contributed by atoms with Crippen LogP contribution in [0.1, 0.15) is 22.3 Å². The molecule has 0 unspecified atom stereocenters. The lowest BCUT2D eigenvalue weighted by atomic mass is 9.97. The van der Waals surface area contributed by atoms with Gasteiger partial charge in [0.25, 0.3) is 0 Å². The first-order valence-corrected chi connectivity index (χ1v) is 6.26. The minimum absolute atomic E-state index is 0.186. The average Bonchev–Trinajstić information content (AvgIpc) is 2.35. The van der Waals surface area contributed by atoms with Crippen molar-refractivity contribution >= 4 is 5.97 Å². The summed E-state index contributed by atoms with van der Waals surface area (Å²) in [7, 11) is 3.36. The molecule has 0 aliphatic rings. The van der Waals surface area contributed by atoms with Crippen molar-refractivity contribution in [2.45, 2.75) is 27.2 Å². The number of ether oxygens (including phenoxy) is 1. The molecule has 1 aromatic rings. The number of likely N-dealkylation sites (N-methyl/N-ethyl adjacent to an activating group) is 1. The molecule has 1 aromatic carbocycles. The molecule has 0 fully saturated rings. The van der Waals surface area contributed by atoms with E-state index in [9.17, 15) is 4.79 Å². The highest BCUT2D eigenvalue weighted by Gasteiger charge is 2.08. The number of carbonyl (C=O) groups is 1. The number of rotatable bonds is 5. The van der Waals surface area contributed by atoms with Gasteiger partial charge < -0.3 is 4.74 Å². The summed E-state index contributed by atoms with van der Waals surface area (Å²) in [5.41, 5.74) is 5.42. The van der Waals surface area contributed by atoms with Crippen LogP contribution < -0.4 is 0 Å². The molecular formula is C15H23NO2. The highest BCUT2D eigenvalue weighted by atomic mass is 16.5. The van der Waals surface area contributed by atoms with E-state index in [0.717, 1.165) is 13.0 Å². The van der Waals surface area contributed by atoms with Gasteiger partial charge >= 0.3 is 5.97 Å². The molecule has 0 atom stereocenters. The molecule has 0 amide bonds. The summed E-state index contributed by atoms with van der Waals surface area (Å²) in [4.78, 5) is 13.1. The quantitative estimate of drug-likeness (QED) is 0.750. The molecule has 0 saturated carbocycles. The number of hydrogen-bond acceptors (Lipinski definition) is 3. The smallest absolute Gasteiger partial charge is 0.319 e. The first-order valence-electron chi connectivity index (χ1n) is 6.26. The number of carbonyl (C=O) groups excluding carboxylic acids is 1. The molecule has 0 bridgehead atoms. The van der Waals surface area contributed by atoms with Gasteiger partial charge in [-0.25, -0.2) is 0 Å². The monoisotopic (exact) mass is 249 g/mol. The van der Waals surface area contributed by atoms with Gasteiger partial charge in [0.1, 0.15) is 0 Å². The number of hydrogen-bond donors (Lipinski definition) is 0. The largest absolute Gasteiger partial charge is 0.468 e. The van der Waals surface area contributed by atoms with E-state index in [-0.39, 0.29) is 5.97 Å². The summed E-state index contributed by atoms with van der Waals surface area (Å²) in [5.74, 6) is -0.186. The highest BCUT2D eigenvalue weighted by Crippen LogP contribution is 2.17. The van der Waals surface area contributed by atoms with Crippen LogP contribution in [-0.4, -0.2) is 38.1 Å². The third-order valence-electron chi connectivity index (χ3n) is 3.56. The van der Waals surface area contributed by atoms with Crippen molar-refractivity contribution in [3.8, 4) is 0 Å². The predicted molar refractivity (Wildman–Crippen MR) is 73.9 cm³/mol. The fourth-order valence-corrected chi connectivity index (χ4v) is 1.96. The topological polar surface area (TPSA) is 29.5 Å². The highest BCUT2D eigenvalue weighted by molar-refractivity contribution is 5.71. The van der Waals surface area contributed by atoms with Crippen molar-refractivity contribution in [1.82, 2.24) is 4.90 Å². The van der Waals surface area contributed by atoms with E-state index in [1.165, 1.54) is 29.4 Å². The zero-order valence-corrected chi connectivity index (χ0v) is 12.0. The van der Waals surface area contributed by atoms with Crippen LogP contribution in [0.25, 0.3) is 0 Å². The molecule has 0 radical (unpaired) electrons. The Kier molecular flexibility index (Phi) is 5.35. The number of nitrogens with zero attached hydrogens (tertiary/aromatic N) is 1. The lowest BCUT2D eigenvalue weighted by Crippen LogP contribution is -2.28. The van der Waals surface area contributed by atoms with E-state index < -0.39 is 0 Å². The van der Waals surface area contributed by atoms with Crippen LogP contribution in [0, 0.1) is 20.8 Å². The summed E-state index contributed by atoms with van der Waals surface area (Å²) in [6.45, 7) is 7.67. The zero-order chi connectivity index (χ0) is 13.7. The molecule has 18 heavy (non-hydrogen) atoms. The second-order valence-corrected chi connectivity index (χ2v) is 4.86. The van der Waals surface area contributed by atoms with Gasteiger partial charge in [-0.05, 0) is 56.5 Å². The maximum atomic E-state index is 11.1. The fraction of sp³-hybridized carbons (Fsp3) is 0.533. The second-order valence-electron chi connectivity index (χ2n) is 4.86. The Morgan fingerprint density at radius 2 is 1.89 bits per heavy atom. The molecule has 3 nitrogen and oxygen atoms in total. The molecule has 0 spiro atoms. The number of benzene rings is 1. The molecule has 0 aliphatic carbocycles. The third-order valence-corrected chi connectivity index (χ3v) is 3.56. The van der Waals surface area contributed by atoms with E-state index in [1.54, 1.807) is 0 Å². The van der Waals surface area contributed by atoms with Gasteiger partial charge in [0.2, 0.25) is 0 Å². The normalized spacial score (nSPS) is 10.8. The van der Waals surface area contributed by atoms with Crippen molar-refractivity contribution in [2.75, 3.05) is 27.2 Å². The summed E-state index contributed by atoms with van der Waals surface area (Å²) < 4.78 is 4.65. The zero-order valence-electron chi connectivity index (χ0n) is 12.0. The minimum Gasteiger partial charge on any atom is -0.468 e. The van der Waals surface area contributed by atoms with E-state index in [1.807, 2.05) is 11.9 Å². The van der Waals surface area contributed by atoms with Gasteiger partial charge in [0.15, 0.2) is 0 Å². The maximum Gasteiger partial charge on any atom is 0.319 e. The molecular weight excluding hydrogens is 226 g/mol. The first kappa shape index (κ1) is 14.7. The molecule has 0 saturated heterocycles. The molecule has 3 heteroatoms. The predicted octanol–water partition coefficient (Wildman–Crippen LogP) is 2.26. The first-order chi connectivity index (χ1) is 8.45. The van der Waals surface area contributed by atoms with Crippen LogP contribution in [0.3, 0.4) is 0 Å². The van der Waals surface area contributed by atoms with Crippen molar-refractivity contribution in [3.63, 3.8) is 0 Å². The second kappa shape index (κ2) is 6.55. The van der Waals surface area contributed by atoms with Gasteiger partial charge in [0.05, 0.1) is 13.7 Å². The molecule has 0 aromatic heterocycles. The van der Waals surface area contributed by atoms with Crippen molar-refractivity contribution in [1.29, 1.82) is 0 Å². The minimum atomic E-state index is -0.186. The standard InChI is InChI=1S/C15H23NO2/c1-11-6-7-14(13(3)12(11)2)8-9-16(4)10-15(17)18-5/h6-7H,8-10H2,1-5H3. The summed E-state index contributed by atoms with van der Waals surface area (Å²) in [5, 5.41) is 0. The van der Waals surface area contributed by atoms with Gasteiger partial charge in [-0.15, -0.1) is 0 Å². The molecule has 100 valence electrons. The molecule has 0 N–H and O–H groups in total. The van der Waals surface area contributed by atoms with Crippen LogP contribution in [0.15, 0.2) is 12.1 Å². The van der Waals surface area contributed by atoms with E-state index in [0.29, 0.717) is 6.54 Å². The van der Waals surface area contributed by atoms with Gasteiger partial charge in [0, 0.05) is 6.54 Å². The average molecular weight is 249 g/mol. The van der Waals surface area contributed by atoms with Crippen molar-refractivity contribution < 1.29 is 9.53 Å². The summed E-state index contributed by atoms with van der Waals surface area (Å²) >= 11 is 0. The SMILES string of the molecule is COC(=O)CN(C)CCc1ccc(C)c(C)c1C. The Balaban J connectivity index is 2.59. The van der Waals surface area contributed by atoms with E-state index in [4.69, 9.17) is 0 Å². The summed E-state index contributed by atoms with van der Waals surface area (Å²) in [6.07, 6.45) is 0.959. The maximum absolute atomic E-state index is 11.1. The van der Waals surface area contributed by atoms with Crippen molar-refractivity contribution in [2.24, 2.45) is 0 Å². The van der Waals surface area contributed by atoms with E-state index in [2.05, 4.69) is 37.6 Å². The van der Waals surface area contributed by atoms with Crippen LogP contribution >= 0.6 is 0 Å². The van der Waals surface area contributed by atoms with Gasteiger partial charge in [-0.2, -0.15) is 0 Å². The number of methoxy groups -OCH3 is 1. The number of esters is 1. The molecule has 0 heterocycles.